The number of halogens is 1. The van der Waals surface area contributed by atoms with Gasteiger partial charge in [-0.3, -0.25) is 4.79 Å². The maximum absolute atomic E-state index is 12.8. The first-order chi connectivity index (χ1) is 7.04. The summed E-state index contributed by atoms with van der Waals surface area (Å²) in [4.78, 5) is 11.6. The molecule has 15 heavy (non-hydrogen) atoms. The maximum atomic E-state index is 12.8. The highest BCUT2D eigenvalue weighted by Crippen LogP contribution is 2.12. The van der Waals surface area contributed by atoms with E-state index < -0.39 is 0 Å². The molecular weight excluding hydrogens is 193 g/mol. The zero-order valence-electron chi connectivity index (χ0n) is 9.09. The quantitative estimate of drug-likeness (QED) is 0.822. The molecule has 0 bridgehead atoms. The van der Waals surface area contributed by atoms with E-state index in [0.717, 1.165) is 11.1 Å². The van der Waals surface area contributed by atoms with Crippen molar-refractivity contribution in [2.75, 3.05) is 6.54 Å². The number of carbonyl (C=O) groups is 1. The van der Waals surface area contributed by atoms with Gasteiger partial charge in [0.05, 0.1) is 0 Å². The van der Waals surface area contributed by atoms with E-state index in [4.69, 9.17) is 5.73 Å². The van der Waals surface area contributed by atoms with Crippen LogP contribution in [0.25, 0.3) is 0 Å². The Balaban J connectivity index is 2.77. The summed E-state index contributed by atoms with van der Waals surface area (Å²) >= 11 is 0. The average Bonchev–Trinajstić information content (AvgIpc) is 2.20. The number of aryl methyl sites for hydroxylation is 1. The molecule has 3 heteroatoms. The molecular formula is C12H16FNO. The molecule has 1 rings (SSSR count). The first-order valence-corrected chi connectivity index (χ1v) is 5.02. The summed E-state index contributed by atoms with van der Waals surface area (Å²) in [6, 6.07) is 4.48. The van der Waals surface area contributed by atoms with Crippen LogP contribution < -0.4 is 5.73 Å². The van der Waals surface area contributed by atoms with E-state index in [1.807, 2.05) is 0 Å². The number of ketones is 1. The van der Waals surface area contributed by atoms with E-state index in [9.17, 15) is 9.18 Å². The molecule has 2 N–H and O–H groups in total. The minimum atomic E-state index is -0.268. The van der Waals surface area contributed by atoms with Gasteiger partial charge in [0.1, 0.15) is 11.6 Å². The zero-order chi connectivity index (χ0) is 11.4. The molecule has 0 heterocycles. The summed E-state index contributed by atoms with van der Waals surface area (Å²) in [6.07, 6.45) is 0.338. The van der Waals surface area contributed by atoms with Gasteiger partial charge in [-0.25, -0.2) is 4.39 Å². The standard InChI is InChI=1S/C12H16FNO/c1-8-5-11(13)4-3-10(8)6-12(15)9(2)7-14/h3-5,9H,6-7,14H2,1-2H3. The molecule has 2 nitrogen and oxygen atoms in total. The van der Waals surface area contributed by atoms with E-state index >= 15 is 0 Å². The van der Waals surface area contributed by atoms with Gasteiger partial charge >= 0.3 is 0 Å². The van der Waals surface area contributed by atoms with Crippen molar-refractivity contribution in [1.82, 2.24) is 0 Å². The molecule has 1 aromatic rings. The highest BCUT2D eigenvalue weighted by Gasteiger charge is 2.12. The Bertz CT molecular complexity index is 363. The van der Waals surface area contributed by atoms with E-state index in [1.54, 1.807) is 19.9 Å². The minimum absolute atomic E-state index is 0.104. The average molecular weight is 209 g/mol. The molecule has 82 valence electrons. The van der Waals surface area contributed by atoms with Crippen molar-refractivity contribution in [1.29, 1.82) is 0 Å². The Morgan fingerprint density at radius 3 is 2.73 bits per heavy atom. The number of benzene rings is 1. The van der Waals surface area contributed by atoms with E-state index in [0.29, 0.717) is 13.0 Å². The second-order valence-corrected chi connectivity index (χ2v) is 3.85. The highest BCUT2D eigenvalue weighted by atomic mass is 19.1. The molecule has 0 fully saturated rings. The fourth-order valence-electron chi connectivity index (χ4n) is 1.35. The fraction of sp³-hybridized carbons (Fsp3) is 0.417. The van der Waals surface area contributed by atoms with Gasteiger partial charge in [-0.05, 0) is 30.2 Å². The van der Waals surface area contributed by atoms with Crippen LogP contribution in [-0.4, -0.2) is 12.3 Å². The lowest BCUT2D eigenvalue weighted by Gasteiger charge is -2.09. The molecule has 0 saturated carbocycles. The van der Waals surface area contributed by atoms with Crippen molar-refractivity contribution in [3.63, 3.8) is 0 Å². The molecule has 0 aliphatic rings. The highest BCUT2D eigenvalue weighted by molar-refractivity contribution is 5.83. The van der Waals surface area contributed by atoms with Crippen molar-refractivity contribution < 1.29 is 9.18 Å². The Hall–Kier alpha value is -1.22. The van der Waals surface area contributed by atoms with Gasteiger partial charge in [0.15, 0.2) is 0 Å². The van der Waals surface area contributed by atoms with Crippen molar-refractivity contribution in [2.24, 2.45) is 11.7 Å². The van der Waals surface area contributed by atoms with Crippen LogP contribution >= 0.6 is 0 Å². The van der Waals surface area contributed by atoms with Crippen LogP contribution in [-0.2, 0) is 11.2 Å². The summed E-state index contributed by atoms with van der Waals surface area (Å²) in [5, 5.41) is 0. The third-order valence-corrected chi connectivity index (χ3v) is 2.57. The summed E-state index contributed by atoms with van der Waals surface area (Å²) in [6.45, 7) is 3.97. The monoisotopic (exact) mass is 209 g/mol. The molecule has 0 saturated heterocycles. The maximum Gasteiger partial charge on any atom is 0.141 e. The van der Waals surface area contributed by atoms with Gasteiger partial charge in [0, 0.05) is 18.9 Å². The Morgan fingerprint density at radius 1 is 1.53 bits per heavy atom. The van der Waals surface area contributed by atoms with Gasteiger partial charge in [-0.2, -0.15) is 0 Å². The van der Waals surface area contributed by atoms with Gasteiger partial charge in [0.2, 0.25) is 0 Å². The SMILES string of the molecule is Cc1cc(F)ccc1CC(=O)C(C)CN. The normalized spacial score (nSPS) is 12.5. The Labute approximate surface area is 89.3 Å². The van der Waals surface area contributed by atoms with Crippen LogP contribution in [0, 0.1) is 18.7 Å². The predicted molar refractivity (Wildman–Crippen MR) is 58.1 cm³/mol. The summed E-state index contributed by atoms with van der Waals surface area (Å²) in [7, 11) is 0. The molecule has 0 amide bonds. The molecule has 1 unspecified atom stereocenters. The second-order valence-electron chi connectivity index (χ2n) is 3.85. The Kier molecular flexibility index (Phi) is 3.97. The number of rotatable bonds is 4. The lowest BCUT2D eigenvalue weighted by Crippen LogP contribution is -2.22. The Morgan fingerprint density at radius 2 is 2.20 bits per heavy atom. The molecule has 0 radical (unpaired) electrons. The van der Waals surface area contributed by atoms with Crippen molar-refractivity contribution >= 4 is 5.78 Å². The van der Waals surface area contributed by atoms with Gasteiger partial charge in [0.25, 0.3) is 0 Å². The minimum Gasteiger partial charge on any atom is -0.330 e. The number of hydrogen-bond acceptors (Lipinski definition) is 2. The van der Waals surface area contributed by atoms with Gasteiger partial charge in [-0.15, -0.1) is 0 Å². The van der Waals surface area contributed by atoms with Crippen LogP contribution in [0.2, 0.25) is 0 Å². The van der Waals surface area contributed by atoms with Crippen molar-refractivity contribution in [3.05, 3.63) is 35.1 Å². The lowest BCUT2D eigenvalue weighted by molar-refractivity contribution is -0.121. The van der Waals surface area contributed by atoms with Crippen molar-refractivity contribution in [2.45, 2.75) is 20.3 Å². The smallest absolute Gasteiger partial charge is 0.141 e. The van der Waals surface area contributed by atoms with Crippen LogP contribution in [0.15, 0.2) is 18.2 Å². The molecule has 0 aromatic heterocycles. The fourth-order valence-corrected chi connectivity index (χ4v) is 1.35. The van der Waals surface area contributed by atoms with Crippen LogP contribution in [0.3, 0.4) is 0 Å². The number of nitrogens with two attached hydrogens (primary N) is 1. The number of hydrogen-bond donors (Lipinski definition) is 1. The predicted octanol–water partition coefficient (Wildman–Crippen LogP) is 1.84. The van der Waals surface area contributed by atoms with Crippen LogP contribution in [0.4, 0.5) is 4.39 Å². The molecule has 0 spiro atoms. The van der Waals surface area contributed by atoms with Crippen LogP contribution in [0.1, 0.15) is 18.1 Å². The van der Waals surface area contributed by atoms with E-state index in [1.165, 1.54) is 12.1 Å². The molecule has 0 aliphatic carbocycles. The van der Waals surface area contributed by atoms with Crippen molar-refractivity contribution in [3.8, 4) is 0 Å². The topological polar surface area (TPSA) is 43.1 Å². The third kappa shape index (κ3) is 3.13. The zero-order valence-corrected chi connectivity index (χ0v) is 9.09. The first-order valence-electron chi connectivity index (χ1n) is 5.02. The molecule has 0 aliphatic heterocycles. The first kappa shape index (κ1) is 11.9. The molecule has 1 aromatic carbocycles. The number of Topliss-reactive ketones (excluding diaryl/α,β-unsaturated/α-hetero) is 1. The van der Waals surface area contributed by atoms with E-state index in [2.05, 4.69) is 0 Å². The molecule has 1 atom stereocenters. The summed E-state index contributed by atoms with van der Waals surface area (Å²) in [5.41, 5.74) is 7.10. The van der Waals surface area contributed by atoms with E-state index in [-0.39, 0.29) is 17.5 Å². The van der Waals surface area contributed by atoms with Gasteiger partial charge < -0.3 is 5.73 Å². The van der Waals surface area contributed by atoms with Gasteiger partial charge in [-0.1, -0.05) is 13.0 Å². The summed E-state index contributed by atoms with van der Waals surface area (Å²) in [5.74, 6) is -0.294. The lowest BCUT2D eigenvalue weighted by atomic mass is 9.97. The largest absolute Gasteiger partial charge is 0.330 e. The third-order valence-electron chi connectivity index (χ3n) is 2.57. The van der Waals surface area contributed by atoms with Crippen LogP contribution in [0.5, 0.6) is 0 Å². The summed E-state index contributed by atoms with van der Waals surface area (Å²) < 4.78 is 12.8. The number of carbonyl (C=O) groups excluding carboxylic acids is 1. The second kappa shape index (κ2) is 5.03.